The van der Waals surface area contributed by atoms with E-state index in [0.29, 0.717) is 12.4 Å². The summed E-state index contributed by atoms with van der Waals surface area (Å²) in [4.78, 5) is 4.50. The third kappa shape index (κ3) is 2.17. The van der Waals surface area contributed by atoms with E-state index in [1.54, 1.807) is 13.4 Å². The van der Waals surface area contributed by atoms with Gasteiger partial charge in [0.1, 0.15) is 23.5 Å². The van der Waals surface area contributed by atoms with Crippen molar-refractivity contribution >= 4 is 22.6 Å². The van der Waals surface area contributed by atoms with Crippen molar-refractivity contribution in [1.29, 1.82) is 0 Å². The molecule has 0 aliphatic heterocycles. The van der Waals surface area contributed by atoms with Crippen LogP contribution in [-0.4, -0.2) is 21.8 Å². The molecule has 3 rings (SSSR count). The van der Waals surface area contributed by atoms with Crippen LogP contribution >= 0.6 is 11.6 Å². The molecular weight excluding hydrogens is 266 g/mol. The van der Waals surface area contributed by atoms with Crippen molar-refractivity contribution in [2.24, 2.45) is 0 Å². The second kappa shape index (κ2) is 4.93. The molecule has 19 heavy (non-hydrogen) atoms. The second-order valence-corrected chi connectivity index (χ2v) is 4.36. The summed E-state index contributed by atoms with van der Waals surface area (Å²) in [7, 11) is 1.64. The minimum atomic E-state index is 0.342. The fraction of sp³-hybridized carbons (Fsp3) is 0.231. The molecule has 0 spiro atoms. The lowest BCUT2D eigenvalue weighted by molar-refractivity contribution is 0.409. The van der Waals surface area contributed by atoms with Crippen LogP contribution in [0.2, 0.25) is 0 Å². The minimum Gasteiger partial charge on any atom is -0.497 e. The Bertz CT molecular complexity index is 691. The topological polar surface area (TPSA) is 53.1 Å². The summed E-state index contributed by atoms with van der Waals surface area (Å²) >= 11 is 5.96. The van der Waals surface area contributed by atoms with Crippen LogP contribution in [0.15, 0.2) is 35.1 Å². The Kier molecular flexibility index (Phi) is 3.13. The van der Waals surface area contributed by atoms with Crippen LogP contribution in [0.3, 0.4) is 0 Å². The highest BCUT2D eigenvalue weighted by molar-refractivity contribution is 6.16. The Balaban J connectivity index is 2.13. The molecule has 1 aromatic carbocycles. The molecule has 0 aliphatic rings. The Morgan fingerprint density at radius 1 is 1.37 bits per heavy atom. The van der Waals surface area contributed by atoms with Crippen molar-refractivity contribution in [2.75, 3.05) is 7.11 Å². The number of methoxy groups -OCH3 is 1. The number of aromatic nitrogens is 3. The standard InChI is InChI=1S/C13H12ClN3O2/c1-18-10-2-3-11-12(6-10)17(13(7-14)15-11)8-9-4-5-19-16-9/h2-6H,7-8H2,1H3. The second-order valence-electron chi connectivity index (χ2n) is 4.09. The van der Waals surface area contributed by atoms with Crippen molar-refractivity contribution in [3.63, 3.8) is 0 Å². The molecule has 0 fully saturated rings. The van der Waals surface area contributed by atoms with E-state index in [2.05, 4.69) is 10.1 Å². The van der Waals surface area contributed by atoms with Crippen LogP contribution in [0.4, 0.5) is 0 Å². The quantitative estimate of drug-likeness (QED) is 0.688. The van der Waals surface area contributed by atoms with Gasteiger partial charge in [-0.2, -0.15) is 0 Å². The lowest BCUT2D eigenvalue weighted by Crippen LogP contribution is -2.04. The molecule has 6 heteroatoms. The van der Waals surface area contributed by atoms with Gasteiger partial charge in [-0.1, -0.05) is 5.16 Å². The normalized spacial score (nSPS) is 11.1. The first kappa shape index (κ1) is 12.0. The van der Waals surface area contributed by atoms with Gasteiger partial charge >= 0.3 is 0 Å². The lowest BCUT2D eigenvalue weighted by Gasteiger charge is -2.06. The van der Waals surface area contributed by atoms with Crippen LogP contribution in [0, 0.1) is 0 Å². The Morgan fingerprint density at radius 3 is 2.95 bits per heavy atom. The summed E-state index contributed by atoms with van der Waals surface area (Å²) in [6.45, 7) is 0.572. The van der Waals surface area contributed by atoms with E-state index in [4.69, 9.17) is 20.9 Å². The van der Waals surface area contributed by atoms with Gasteiger partial charge in [0.25, 0.3) is 0 Å². The monoisotopic (exact) mass is 277 g/mol. The summed E-state index contributed by atoms with van der Waals surface area (Å²) in [6, 6.07) is 7.57. The molecule has 2 aromatic heterocycles. The highest BCUT2D eigenvalue weighted by Crippen LogP contribution is 2.23. The Hall–Kier alpha value is -2.01. The molecule has 0 N–H and O–H groups in total. The zero-order chi connectivity index (χ0) is 13.2. The fourth-order valence-corrected chi connectivity index (χ4v) is 2.24. The van der Waals surface area contributed by atoms with Gasteiger partial charge in [0.2, 0.25) is 0 Å². The van der Waals surface area contributed by atoms with Crippen LogP contribution in [0.25, 0.3) is 11.0 Å². The van der Waals surface area contributed by atoms with Gasteiger partial charge in [0.15, 0.2) is 0 Å². The van der Waals surface area contributed by atoms with E-state index in [1.807, 2.05) is 28.8 Å². The zero-order valence-electron chi connectivity index (χ0n) is 10.3. The van der Waals surface area contributed by atoms with E-state index in [1.165, 1.54) is 0 Å². The molecule has 0 saturated carbocycles. The average Bonchev–Trinajstić information content (AvgIpc) is 3.07. The van der Waals surface area contributed by atoms with Crippen LogP contribution in [0.1, 0.15) is 11.5 Å². The van der Waals surface area contributed by atoms with Gasteiger partial charge in [-0.15, -0.1) is 11.6 Å². The summed E-state index contributed by atoms with van der Waals surface area (Å²) < 4.78 is 12.1. The van der Waals surface area contributed by atoms with Gasteiger partial charge in [-0.05, 0) is 12.1 Å². The van der Waals surface area contributed by atoms with E-state index in [9.17, 15) is 0 Å². The molecule has 0 amide bonds. The van der Waals surface area contributed by atoms with Gasteiger partial charge in [-0.25, -0.2) is 4.98 Å². The van der Waals surface area contributed by atoms with Gasteiger partial charge < -0.3 is 13.8 Å². The molecule has 0 atom stereocenters. The summed E-state index contributed by atoms with van der Waals surface area (Å²) in [6.07, 6.45) is 1.55. The first-order valence-corrected chi connectivity index (χ1v) is 6.33. The number of halogens is 1. The first-order chi connectivity index (χ1) is 9.31. The molecule has 5 nitrogen and oxygen atoms in total. The number of hydrogen-bond donors (Lipinski definition) is 0. The molecule has 0 aliphatic carbocycles. The number of imidazole rings is 1. The van der Waals surface area contributed by atoms with Crippen molar-refractivity contribution in [2.45, 2.75) is 12.4 Å². The highest BCUT2D eigenvalue weighted by atomic mass is 35.5. The number of hydrogen-bond acceptors (Lipinski definition) is 4. The number of ether oxygens (including phenoxy) is 1. The number of alkyl halides is 1. The van der Waals surface area contributed by atoms with Crippen molar-refractivity contribution < 1.29 is 9.26 Å². The first-order valence-electron chi connectivity index (χ1n) is 5.80. The summed E-state index contributed by atoms with van der Waals surface area (Å²) in [5.74, 6) is 1.93. The number of nitrogens with zero attached hydrogens (tertiary/aromatic N) is 3. The predicted octanol–water partition coefficient (Wildman–Crippen LogP) is 2.82. The Labute approximate surface area is 114 Å². The van der Waals surface area contributed by atoms with Crippen LogP contribution in [-0.2, 0) is 12.4 Å². The largest absolute Gasteiger partial charge is 0.497 e. The molecule has 0 radical (unpaired) electrons. The van der Waals surface area contributed by atoms with E-state index in [-0.39, 0.29) is 0 Å². The van der Waals surface area contributed by atoms with E-state index >= 15 is 0 Å². The smallest absolute Gasteiger partial charge is 0.125 e. The zero-order valence-corrected chi connectivity index (χ0v) is 11.1. The van der Waals surface area contributed by atoms with Gasteiger partial charge in [0, 0.05) is 12.1 Å². The maximum absolute atomic E-state index is 5.96. The third-order valence-electron chi connectivity index (χ3n) is 2.97. The molecular formula is C13H12ClN3O2. The number of benzene rings is 1. The van der Waals surface area contributed by atoms with Gasteiger partial charge in [0.05, 0.1) is 30.6 Å². The Morgan fingerprint density at radius 2 is 2.26 bits per heavy atom. The summed E-state index contributed by atoms with van der Waals surface area (Å²) in [5, 5.41) is 3.92. The predicted molar refractivity (Wildman–Crippen MR) is 71.4 cm³/mol. The number of fused-ring (bicyclic) bond motifs is 1. The number of rotatable bonds is 4. The molecule has 98 valence electrons. The van der Waals surface area contributed by atoms with E-state index < -0.39 is 0 Å². The summed E-state index contributed by atoms with van der Waals surface area (Å²) in [5.41, 5.74) is 2.69. The molecule has 3 aromatic rings. The molecule has 0 bridgehead atoms. The fourth-order valence-electron chi connectivity index (χ4n) is 2.04. The molecule has 0 saturated heterocycles. The van der Waals surface area contributed by atoms with Gasteiger partial charge in [-0.3, -0.25) is 0 Å². The van der Waals surface area contributed by atoms with E-state index in [0.717, 1.165) is 28.3 Å². The molecule has 2 heterocycles. The van der Waals surface area contributed by atoms with Crippen molar-refractivity contribution in [1.82, 2.24) is 14.7 Å². The van der Waals surface area contributed by atoms with Crippen LogP contribution < -0.4 is 4.74 Å². The van der Waals surface area contributed by atoms with Crippen molar-refractivity contribution in [3.8, 4) is 5.75 Å². The maximum atomic E-state index is 5.96. The maximum Gasteiger partial charge on any atom is 0.125 e. The SMILES string of the molecule is COc1ccc2nc(CCl)n(Cc3ccon3)c2c1. The average molecular weight is 278 g/mol. The minimum absolute atomic E-state index is 0.342. The van der Waals surface area contributed by atoms with Crippen molar-refractivity contribution in [3.05, 3.63) is 42.0 Å². The highest BCUT2D eigenvalue weighted by Gasteiger charge is 2.12. The van der Waals surface area contributed by atoms with Crippen LogP contribution in [0.5, 0.6) is 5.75 Å². The molecule has 0 unspecified atom stereocenters. The lowest BCUT2D eigenvalue weighted by atomic mass is 10.3. The third-order valence-corrected chi connectivity index (χ3v) is 3.20.